The minimum atomic E-state index is -3.46. The van der Waals surface area contributed by atoms with E-state index in [2.05, 4.69) is 0 Å². The topological polar surface area (TPSA) is 68.3 Å². The molecule has 1 aliphatic carbocycles. The van der Waals surface area contributed by atoms with E-state index in [1.807, 2.05) is 0 Å². The van der Waals surface area contributed by atoms with Crippen molar-refractivity contribution in [3.8, 4) is 0 Å². The summed E-state index contributed by atoms with van der Waals surface area (Å²) in [6.07, 6.45) is 0. The molecule has 1 fully saturated rings. The number of fused-ring (bicyclic) bond motifs is 8. The molecule has 22 heavy (non-hydrogen) atoms. The lowest BCUT2D eigenvalue weighted by Crippen LogP contribution is -2.51. The molecule has 5 rings (SSSR count). The monoisotopic (exact) mass is 332 g/mol. The summed E-state index contributed by atoms with van der Waals surface area (Å²) in [5, 5.41) is -1.26. The first-order valence-electron chi connectivity index (χ1n) is 7.11. The molecule has 112 valence electrons. The van der Waals surface area contributed by atoms with Crippen LogP contribution in [-0.2, 0) is 19.7 Å². The van der Waals surface area contributed by atoms with E-state index in [-0.39, 0.29) is 0 Å². The molecule has 3 aliphatic rings. The van der Waals surface area contributed by atoms with Crippen LogP contribution in [-0.4, -0.2) is 27.3 Å². The number of benzene rings is 2. The first-order chi connectivity index (χ1) is 10.5. The summed E-state index contributed by atoms with van der Waals surface area (Å²) in [6.45, 7) is 0. The molecule has 2 aromatic rings. The molecule has 0 amide bonds. The fraction of sp³-hybridized carbons (Fsp3) is 0.250. The van der Waals surface area contributed by atoms with Crippen LogP contribution < -0.4 is 0 Å². The first kappa shape index (κ1) is 12.8. The van der Waals surface area contributed by atoms with Gasteiger partial charge in [-0.2, -0.15) is 0 Å². The maximum atomic E-state index is 12.8. The van der Waals surface area contributed by atoms with Gasteiger partial charge in [-0.15, -0.1) is 0 Å². The van der Waals surface area contributed by atoms with E-state index in [0.717, 1.165) is 0 Å². The summed E-state index contributed by atoms with van der Waals surface area (Å²) in [4.78, 5) is 0.624. The van der Waals surface area contributed by atoms with Gasteiger partial charge in [-0.3, -0.25) is 0 Å². The quantitative estimate of drug-likeness (QED) is 0.739. The van der Waals surface area contributed by atoms with Crippen molar-refractivity contribution in [1.82, 2.24) is 0 Å². The Morgan fingerprint density at radius 2 is 0.955 bits per heavy atom. The van der Waals surface area contributed by atoms with Crippen LogP contribution in [0.5, 0.6) is 0 Å². The van der Waals surface area contributed by atoms with E-state index < -0.39 is 42.0 Å². The lowest BCUT2D eigenvalue weighted by Gasteiger charge is -2.42. The minimum absolute atomic E-state index is 0.312. The van der Waals surface area contributed by atoms with Crippen molar-refractivity contribution in [3.63, 3.8) is 0 Å². The van der Waals surface area contributed by atoms with Crippen molar-refractivity contribution >= 4 is 19.7 Å². The molecule has 2 heterocycles. The van der Waals surface area contributed by atoms with Crippen molar-refractivity contribution in [2.75, 3.05) is 0 Å². The molecule has 0 atom stereocenters. The fourth-order valence-electron chi connectivity index (χ4n) is 4.48. The maximum absolute atomic E-state index is 12.8. The number of hydrogen-bond acceptors (Lipinski definition) is 4. The second-order valence-corrected chi connectivity index (χ2v) is 10.3. The minimum Gasteiger partial charge on any atom is -0.223 e. The zero-order valence-corrected chi connectivity index (χ0v) is 13.0. The maximum Gasteiger partial charge on any atom is 0.182 e. The standard InChI is InChI=1S/C16H12O4S2/c17-21(18)11-7-3-1-5-9(11)13-15(21)14-10-6-2-4-8-12(10)22(19,20)16(13)14/h1-8,13-16H. The summed E-state index contributed by atoms with van der Waals surface area (Å²) in [5.74, 6) is -0.854. The first-order valence-corrected chi connectivity index (χ1v) is 10.2. The second-order valence-electron chi connectivity index (χ2n) is 6.15. The third kappa shape index (κ3) is 1.18. The molecule has 0 aromatic heterocycles. The molecule has 1 saturated carbocycles. The van der Waals surface area contributed by atoms with Gasteiger partial charge in [0, 0.05) is 11.8 Å². The van der Waals surface area contributed by atoms with Gasteiger partial charge < -0.3 is 0 Å². The van der Waals surface area contributed by atoms with Crippen LogP contribution in [0.2, 0.25) is 0 Å². The average molecular weight is 332 g/mol. The zero-order valence-electron chi connectivity index (χ0n) is 11.4. The summed E-state index contributed by atoms with van der Waals surface area (Å²) in [5.41, 5.74) is 1.34. The van der Waals surface area contributed by atoms with Gasteiger partial charge in [-0.1, -0.05) is 36.4 Å². The summed E-state index contributed by atoms with van der Waals surface area (Å²) < 4.78 is 51.3. The average Bonchev–Trinajstić information content (AvgIpc) is 2.75. The lowest BCUT2D eigenvalue weighted by atomic mass is 9.68. The highest BCUT2D eigenvalue weighted by Gasteiger charge is 2.70. The van der Waals surface area contributed by atoms with Gasteiger partial charge in [0.15, 0.2) is 19.7 Å². The van der Waals surface area contributed by atoms with Crippen LogP contribution in [0.1, 0.15) is 23.0 Å². The Morgan fingerprint density at radius 3 is 1.36 bits per heavy atom. The van der Waals surface area contributed by atoms with Crippen molar-refractivity contribution in [2.24, 2.45) is 0 Å². The van der Waals surface area contributed by atoms with Gasteiger partial charge in [0.05, 0.1) is 20.3 Å². The van der Waals surface area contributed by atoms with Gasteiger partial charge in [0.25, 0.3) is 0 Å². The second kappa shape index (κ2) is 3.63. The molecule has 0 unspecified atom stereocenters. The Balaban J connectivity index is 1.82. The smallest absolute Gasteiger partial charge is 0.182 e. The normalized spacial score (nSPS) is 34.9. The molecular weight excluding hydrogens is 320 g/mol. The highest BCUT2D eigenvalue weighted by atomic mass is 32.2. The van der Waals surface area contributed by atoms with Crippen LogP contribution >= 0.6 is 0 Å². The predicted molar refractivity (Wildman–Crippen MR) is 80.3 cm³/mol. The van der Waals surface area contributed by atoms with Gasteiger partial charge in [0.2, 0.25) is 0 Å². The largest absolute Gasteiger partial charge is 0.223 e. The Labute approximate surface area is 128 Å². The Bertz CT molecular complexity index is 944. The molecule has 2 aromatic carbocycles. The molecule has 0 spiro atoms. The molecule has 0 radical (unpaired) electrons. The Kier molecular flexibility index (Phi) is 2.12. The van der Waals surface area contributed by atoms with Crippen LogP contribution in [0.25, 0.3) is 0 Å². The predicted octanol–water partition coefficient (Wildman–Crippen LogP) is 1.88. The summed E-state index contributed by atoms with van der Waals surface area (Å²) in [6, 6.07) is 13.6. The third-order valence-electron chi connectivity index (χ3n) is 5.30. The van der Waals surface area contributed by atoms with Crippen LogP contribution in [0.4, 0.5) is 0 Å². The van der Waals surface area contributed by atoms with E-state index >= 15 is 0 Å². The zero-order chi connectivity index (χ0) is 15.3. The molecular formula is C16H12O4S2. The van der Waals surface area contributed by atoms with Gasteiger partial charge in [0.1, 0.15) is 0 Å². The van der Waals surface area contributed by atoms with Gasteiger partial charge in [-0.25, -0.2) is 16.8 Å². The molecule has 2 aliphatic heterocycles. The molecule has 4 nitrogen and oxygen atoms in total. The van der Waals surface area contributed by atoms with Crippen LogP contribution in [0.15, 0.2) is 58.3 Å². The van der Waals surface area contributed by atoms with E-state index in [0.29, 0.717) is 20.9 Å². The number of hydrogen-bond donors (Lipinski definition) is 0. The lowest BCUT2D eigenvalue weighted by molar-refractivity contribution is 0.369. The summed E-state index contributed by atoms with van der Waals surface area (Å²) in [7, 11) is -6.92. The van der Waals surface area contributed by atoms with Crippen molar-refractivity contribution in [1.29, 1.82) is 0 Å². The van der Waals surface area contributed by atoms with E-state index in [1.165, 1.54) is 0 Å². The SMILES string of the molecule is O=S1(=O)c2ccccc2C2C1C1c3ccccc3S(=O)(=O)C21. The number of rotatable bonds is 0. The van der Waals surface area contributed by atoms with Crippen molar-refractivity contribution in [3.05, 3.63) is 59.7 Å². The third-order valence-corrected chi connectivity index (χ3v) is 9.88. The summed E-state index contributed by atoms with van der Waals surface area (Å²) >= 11 is 0. The fourth-order valence-corrected chi connectivity index (χ4v) is 9.67. The van der Waals surface area contributed by atoms with E-state index in [4.69, 9.17) is 0 Å². The van der Waals surface area contributed by atoms with Crippen molar-refractivity contribution < 1.29 is 16.8 Å². The van der Waals surface area contributed by atoms with Crippen LogP contribution in [0, 0.1) is 0 Å². The van der Waals surface area contributed by atoms with E-state index in [9.17, 15) is 16.8 Å². The Hall–Kier alpha value is -1.66. The highest BCUT2D eigenvalue weighted by molar-refractivity contribution is 7.94. The molecule has 0 saturated heterocycles. The molecule has 6 heteroatoms. The van der Waals surface area contributed by atoms with Gasteiger partial charge in [-0.05, 0) is 23.3 Å². The number of sulfone groups is 2. The molecule has 0 N–H and O–H groups in total. The van der Waals surface area contributed by atoms with Crippen molar-refractivity contribution in [2.45, 2.75) is 32.1 Å². The highest BCUT2D eigenvalue weighted by Crippen LogP contribution is 2.65. The Morgan fingerprint density at radius 1 is 0.591 bits per heavy atom. The van der Waals surface area contributed by atoms with E-state index in [1.54, 1.807) is 48.5 Å². The van der Waals surface area contributed by atoms with Gasteiger partial charge >= 0.3 is 0 Å². The van der Waals surface area contributed by atoms with Crippen LogP contribution in [0.3, 0.4) is 0 Å². The molecule has 0 bridgehead atoms.